The van der Waals surface area contributed by atoms with Crippen LogP contribution in [0, 0.1) is 0 Å². The highest BCUT2D eigenvalue weighted by atomic mass is 32.1. The Morgan fingerprint density at radius 3 is 1.65 bits per heavy atom. The standard InChI is InChI=1S/C65H38N4OS/c1-2-15-39(16-3-1)63-66-64(68-65(67-63)43-33-36-50-49-21-8-10-29-56(49)70-57(50)38-43)40-31-34-44(35-32-40)69-60-45(25-13-28-55(60)59-52-23-6-4-19-47(52)48-20-5-7-24-53(48)61(59)69)41-17-12-18-42(37-41)46-26-14-27-54-51-22-9-11-30-58(51)71-62(46)54/h1-38H. The Morgan fingerprint density at radius 1 is 0.324 bits per heavy atom. The average Bonchev–Trinajstić information content (AvgIpc) is 4.13. The van der Waals surface area contributed by atoms with Crippen molar-refractivity contribution in [1.29, 1.82) is 0 Å². The van der Waals surface area contributed by atoms with Crippen molar-refractivity contribution in [1.82, 2.24) is 19.5 Å². The Hall–Kier alpha value is -9.23. The summed E-state index contributed by atoms with van der Waals surface area (Å²) in [6, 6.07) is 82.3. The molecule has 0 aliphatic carbocycles. The number of benzene rings is 11. The van der Waals surface area contributed by atoms with Crippen LogP contribution >= 0.6 is 11.3 Å². The van der Waals surface area contributed by atoms with Crippen LogP contribution in [0.1, 0.15) is 0 Å². The minimum absolute atomic E-state index is 0.580. The molecule has 0 bridgehead atoms. The van der Waals surface area contributed by atoms with Crippen molar-refractivity contribution in [3.63, 3.8) is 0 Å². The van der Waals surface area contributed by atoms with E-state index < -0.39 is 0 Å². The van der Waals surface area contributed by atoms with E-state index >= 15 is 0 Å². The Balaban J connectivity index is 0.936. The molecule has 0 radical (unpaired) electrons. The number of rotatable bonds is 6. The maximum Gasteiger partial charge on any atom is 0.164 e. The van der Waals surface area contributed by atoms with Crippen LogP contribution in [0.2, 0.25) is 0 Å². The van der Waals surface area contributed by atoms with E-state index in [0.29, 0.717) is 17.5 Å². The van der Waals surface area contributed by atoms with Crippen LogP contribution in [0.15, 0.2) is 235 Å². The molecule has 0 fully saturated rings. The van der Waals surface area contributed by atoms with E-state index in [1.807, 2.05) is 65.9 Å². The van der Waals surface area contributed by atoms with Crippen molar-refractivity contribution < 1.29 is 4.42 Å². The topological polar surface area (TPSA) is 56.7 Å². The molecule has 15 aromatic rings. The number of furan rings is 1. The SMILES string of the molecule is c1ccc(-c2nc(-c3ccc(-n4c5c(-c6cccc(-c7cccc8c7sc7ccccc78)c6)cccc5c5c6ccccc6c6ccccc6c54)cc3)nc(-c3ccc4c(c3)oc3ccccc34)n2)cc1. The molecule has 0 unspecified atom stereocenters. The van der Waals surface area contributed by atoms with E-state index in [9.17, 15) is 0 Å². The number of fused-ring (bicyclic) bond motifs is 14. The van der Waals surface area contributed by atoms with Crippen molar-refractivity contribution in [2.24, 2.45) is 0 Å². The zero-order valence-corrected chi connectivity index (χ0v) is 38.9. The largest absolute Gasteiger partial charge is 0.456 e. The van der Waals surface area contributed by atoms with Crippen molar-refractivity contribution in [3.05, 3.63) is 231 Å². The van der Waals surface area contributed by atoms with Gasteiger partial charge in [0.05, 0.1) is 11.0 Å². The quantitative estimate of drug-likeness (QED) is 0.156. The summed E-state index contributed by atoms with van der Waals surface area (Å²) < 4.78 is 11.4. The maximum absolute atomic E-state index is 6.32. The van der Waals surface area contributed by atoms with Gasteiger partial charge in [-0.05, 0) is 87.4 Å². The molecule has 0 saturated heterocycles. The van der Waals surface area contributed by atoms with Gasteiger partial charge in [-0.15, -0.1) is 11.3 Å². The van der Waals surface area contributed by atoms with E-state index in [4.69, 9.17) is 19.4 Å². The van der Waals surface area contributed by atoms with E-state index in [-0.39, 0.29) is 0 Å². The first-order valence-electron chi connectivity index (χ1n) is 23.9. The zero-order valence-electron chi connectivity index (χ0n) is 38.0. The van der Waals surface area contributed by atoms with Crippen LogP contribution in [0.5, 0.6) is 0 Å². The van der Waals surface area contributed by atoms with Crippen molar-refractivity contribution in [2.75, 3.05) is 0 Å². The van der Waals surface area contributed by atoms with Crippen LogP contribution in [-0.2, 0) is 0 Å². The van der Waals surface area contributed by atoms with Gasteiger partial charge in [0.2, 0.25) is 0 Å². The van der Waals surface area contributed by atoms with E-state index in [1.165, 1.54) is 69.1 Å². The number of hydrogen-bond acceptors (Lipinski definition) is 5. The highest BCUT2D eigenvalue weighted by Crippen LogP contribution is 2.47. The lowest BCUT2D eigenvalue weighted by atomic mass is 9.95. The first-order valence-corrected chi connectivity index (χ1v) is 24.7. The summed E-state index contributed by atoms with van der Waals surface area (Å²) >= 11 is 1.87. The first-order chi connectivity index (χ1) is 35.2. The van der Waals surface area contributed by atoms with Crippen LogP contribution in [-0.4, -0.2) is 19.5 Å². The van der Waals surface area contributed by atoms with Crippen LogP contribution in [0.25, 0.3) is 148 Å². The Kier molecular flexibility index (Phi) is 8.76. The number of para-hydroxylation sites is 2. The highest BCUT2D eigenvalue weighted by Gasteiger charge is 2.23. The molecule has 0 amide bonds. The lowest BCUT2D eigenvalue weighted by molar-refractivity contribution is 0.669. The molecule has 15 rings (SSSR count). The Labute approximate surface area is 411 Å². The monoisotopic (exact) mass is 922 g/mol. The molecule has 0 saturated carbocycles. The fraction of sp³-hybridized carbons (Fsp3) is 0. The number of hydrogen-bond donors (Lipinski definition) is 0. The Morgan fingerprint density at radius 2 is 0.859 bits per heavy atom. The average molecular weight is 923 g/mol. The van der Waals surface area contributed by atoms with Crippen LogP contribution < -0.4 is 0 Å². The molecule has 0 N–H and O–H groups in total. The molecule has 0 aliphatic rings. The van der Waals surface area contributed by atoms with Gasteiger partial charge in [0.25, 0.3) is 0 Å². The normalized spacial score (nSPS) is 11.9. The molecular weight excluding hydrogens is 885 g/mol. The highest BCUT2D eigenvalue weighted by molar-refractivity contribution is 7.26. The summed E-state index contributed by atoms with van der Waals surface area (Å²) in [5.41, 5.74) is 12.5. The minimum atomic E-state index is 0.580. The third kappa shape index (κ3) is 6.22. The van der Waals surface area contributed by atoms with E-state index in [2.05, 4.69) is 180 Å². The predicted molar refractivity (Wildman–Crippen MR) is 297 cm³/mol. The fourth-order valence-electron chi connectivity index (χ4n) is 11.0. The number of nitrogens with zero attached hydrogens (tertiary/aromatic N) is 4. The molecule has 5 nitrogen and oxygen atoms in total. The molecule has 0 spiro atoms. The molecule has 4 heterocycles. The molecule has 330 valence electrons. The smallest absolute Gasteiger partial charge is 0.164 e. The summed E-state index contributed by atoms with van der Waals surface area (Å²) in [7, 11) is 0. The van der Waals surface area contributed by atoms with Gasteiger partial charge >= 0.3 is 0 Å². The van der Waals surface area contributed by atoms with Gasteiger partial charge in [0.15, 0.2) is 17.5 Å². The molecule has 0 atom stereocenters. The summed E-state index contributed by atoms with van der Waals surface area (Å²) in [6.07, 6.45) is 0. The second-order valence-corrected chi connectivity index (χ2v) is 19.3. The number of aromatic nitrogens is 4. The second-order valence-electron chi connectivity index (χ2n) is 18.2. The van der Waals surface area contributed by atoms with Gasteiger partial charge in [-0.25, -0.2) is 15.0 Å². The van der Waals surface area contributed by atoms with E-state index in [0.717, 1.165) is 61.0 Å². The minimum Gasteiger partial charge on any atom is -0.456 e. The molecule has 6 heteroatoms. The van der Waals surface area contributed by atoms with Crippen molar-refractivity contribution in [3.8, 4) is 62.1 Å². The molecule has 0 aliphatic heterocycles. The lowest BCUT2D eigenvalue weighted by Crippen LogP contribution is -2.01. The first kappa shape index (κ1) is 39.7. The van der Waals surface area contributed by atoms with Crippen molar-refractivity contribution in [2.45, 2.75) is 0 Å². The van der Waals surface area contributed by atoms with Gasteiger partial charge in [-0.3, -0.25) is 0 Å². The summed E-state index contributed by atoms with van der Waals surface area (Å²) in [4.78, 5) is 15.4. The lowest BCUT2D eigenvalue weighted by Gasteiger charge is -2.15. The Bertz CT molecular complexity index is 4640. The van der Waals surface area contributed by atoms with Gasteiger partial charge in [-0.2, -0.15) is 0 Å². The van der Waals surface area contributed by atoms with E-state index in [1.54, 1.807) is 0 Å². The number of thiophene rings is 1. The van der Waals surface area contributed by atoms with Gasteiger partial charge < -0.3 is 8.98 Å². The molecule has 11 aromatic carbocycles. The summed E-state index contributed by atoms with van der Waals surface area (Å²) in [5, 5.41) is 12.1. The summed E-state index contributed by atoms with van der Waals surface area (Å²) in [5.74, 6) is 1.78. The third-order valence-corrected chi connectivity index (χ3v) is 15.5. The van der Waals surface area contributed by atoms with Gasteiger partial charge in [0.1, 0.15) is 11.2 Å². The van der Waals surface area contributed by atoms with Crippen LogP contribution in [0.3, 0.4) is 0 Å². The summed E-state index contributed by atoms with van der Waals surface area (Å²) in [6.45, 7) is 0. The van der Waals surface area contributed by atoms with Crippen molar-refractivity contribution >= 4 is 96.8 Å². The fourth-order valence-corrected chi connectivity index (χ4v) is 12.3. The van der Waals surface area contributed by atoms with Crippen LogP contribution in [0.4, 0.5) is 0 Å². The predicted octanol–water partition coefficient (Wildman–Crippen LogP) is 17.9. The van der Waals surface area contributed by atoms with Gasteiger partial charge in [-0.1, -0.05) is 176 Å². The second kappa shape index (κ2) is 15.7. The molecule has 4 aromatic heterocycles. The molecular formula is C65H38N4OS. The zero-order chi connectivity index (χ0) is 46.6. The molecule has 71 heavy (non-hydrogen) atoms. The van der Waals surface area contributed by atoms with Gasteiger partial charge in [0, 0.05) is 75.0 Å². The maximum atomic E-state index is 6.32. The third-order valence-electron chi connectivity index (χ3n) is 14.2.